The van der Waals surface area contributed by atoms with Crippen LogP contribution in [0.15, 0.2) is 71.4 Å². The molecule has 1 saturated carbocycles. The number of nitro groups is 1. The summed E-state index contributed by atoms with van der Waals surface area (Å²) < 4.78 is -1.16. The van der Waals surface area contributed by atoms with Crippen molar-refractivity contribution < 1.29 is 4.92 Å². The molecule has 1 fully saturated rings. The lowest BCUT2D eigenvalue weighted by Crippen LogP contribution is -2.39. The summed E-state index contributed by atoms with van der Waals surface area (Å²) in [6.07, 6.45) is 6.27. The molecule has 2 aliphatic carbocycles. The Hall–Kier alpha value is -2.08. The number of rotatable bonds is 4. The average Bonchev–Trinajstić information content (AvgIpc) is 3.29. The highest BCUT2D eigenvalue weighted by atomic mass is 35.5. The van der Waals surface area contributed by atoms with Crippen LogP contribution in [0.4, 0.5) is 5.69 Å². The molecule has 2 aromatic rings. The summed E-state index contributed by atoms with van der Waals surface area (Å²) in [6.45, 7) is 0. The van der Waals surface area contributed by atoms with Crippen LogP contribution in [0, 0.1) is 16.0 Å². The lowest BCUT2D eigenvalue weighted by atomic mass is 9.91. The predicted molar refractivity (Wildman–Crippen MR) is 124 cm³/mol. The Labute approximate surface area is 195 Å². The Kier molecular flexibility index (Phi) is 5.04. The molecule has 3 atom stereocenters. The number of nitrogens with zero attached hydrogens (tertiary/aromatic N) is 3. The number of hydrogen-bond acceptors (Lipinski definition) is 4. The van der Waals surface area contributed by atoms with Gasteiger partial charge in [0.1, 0.15) is 5.54 Å². The first-order valence-corrected chi connectivity index (χ1v) is 11.4. The molecular weight excluding hydrogens is 457 g/mol. The zero-order valence-corrected chi connectivity index (χ0v) is 18.8. The molecule has 160 valence electrons. The Morgan fingerprint density at radius 3 is 2.39 bits per heavy atom. The smallest absolute Gasteiger partial charge is 0.269 e. The summed E-state index contributed by atoms with van der Waals surface area (Å²) in [4.78, 5) is 17.7. The van der Waals surface area contributed by atoms with E-state index < -0.39 is 14.8 Å². The first kappa shape index (κ1) is 20.8. The van der Waals surface area contributed by atoms with Gasteiger partial charge in [-0.2, -0.15) is 0 Å². The third-order valence-electron chi connectivity index (χ3n) is 6.56. The lowest BCUT2D eigenvalue weighted by Gasteiger charge is -2.39. The molecule has 0 N–H and O–H groups in total. The Balaban J connectivity index is 1.68. The standard InChI is InChI=1S/C23H20Cl3N3O2/c24-21-27-22(16-7-3-1-4-8-16)20(23(22,25)26)19(28(21)17-9-5-2-6-10-17)15-11-13-18(14-12-15)29(30)31/h1,3-4,7-9,11-14,19-20H,2,5-6,10H2. The van der Waals surface area contributed by atoms with Crippen molar-refractivity contribution in [3.8, 4) is 0 Å². The fourth-order valence-corrected chi connectivity index (χ4v) is 6.38. The average molecular weight is 477 g/mol. The summed E-state index contributed by atoms with van der Waals surface area (Å²) in [7, 11) is 0. The molecule has 5 nitrogen and oxygen atoms in total. The maximum Gasteiger partial charge on any atom is 0.269 e. The summed E-state index contributed by atoms with van der Waals surface area (Å²) in [5, 5.41) is 11.5. The SMILES string of the molecule is O=[N+]([O-])c1ccc(C2C3C(Cl)(Cl)C3(c3ccccc3)N=C(Cl)N2C2=CCCCC2)cc1. The monoisotopic (exact) mass is 475 g/mol. The van der Waals surface area contributed by atoms with Crippen molar-refractivity contribution >= 4 is 45.8 Å². The van der Waals surface area contributed by atoms with Crippen molar-refractivity contribution in [1.82, 2.24) is 4.90 Å². The minimum absolute atomic E-state index is 0.0379. The van der Waals surface area contributed by atoms with Crippen LogP contribution >= 0.6 is 34.8 Å². The molecule has 2 aromatic carbocycles. The van der Waals surface area contributed by atoms with E-state index >= 15 is 0 Å². The van der Waals surface area contributed by atoms with Gasteiger partial charge >= 0.3 is 0 Å². The van der Waals surface area contributed by atoms with Crippen LogP contribution in [0.1, 0.15) is 42.9 Å². The van der Waals surface area contributed by atoms with Gasteiger partial charge in [0.2, 0.25) is 0 Å². The van der Waals surface area contributed by atoms with E-state index in [4.69, 9.17) is 39.8 Å². The largest absolute Gasteiger partial charge is 0.313 e. The first-order valence-electron chi connectivity index (χ1n) is 10.3. The second-order valence-electron chi connectivity index (χ2n) is 8.22. The van der Waals surface area contributed by atoms with Crippen molar-refractivity contribution in [1.29, 1.82) is 0 Å². The van der Waals surface area contributed by atoms with E-state index in [1.165, 1.54) is 12.1 Å². The molecule has 0 bridgehead atoms. The number of amidine groups is 1. The summed E-state index contributed by atoms with van der Waals surface area (Å²) in [5.74, 6) is -0.266. The van der Waals surface area contributed by atoms with Gasteiger partial charge in [0.05, 0.1) is 16.9 Å². The van der Waals surface area contributed by atoms with E-state index in [0.29, 0.717) is 5.29 Å². The first-order chi connectivity index (χ1) is 14.9. The van der Waals surface area contributed by atoms with Crippen LogP contribution in [0.2, 0.25) is 0 Å². The van der Waals surface area contributed by atoms with E-state index in [-0.39, 0.29) is 17.6 Å². The highest BCUT2D eigenvalue weighted by Gasteiger charge is 2.82. The number of allylic oxidation sites excluding steroid dienone is 2. The van der Waals surface area contributed by atoms with Crippen molar-refractivity contribution in [3.63, 3.8) is 0 Å². The lowest BCUT2D eigenvalue weighted by molar-refractivity contribution is -0.384. The van der Waals surface area contributed by atoms with Crippen molar-refractivity contribution in [2.45, 2.75) is 41.6 Å². The number of benzene rings is 2. The van der Waals surface area contributed by atoms with Gasteiger partial charge in [0, 0.05) is 17.8 Å². The number of hydrogen-bond donors (Lipinski definition) is 0. The molecule has 31 heavy (non-hydrogen) atoms. The van der Waals surface area contributed by atoms with Gasteiger partial charge in [0.25, 0.3) is 5.69 Å². The third-order valence-corrected chi connectivity index (χ3v) is 7.88. The van der Waals surface area contributed by atoms with Gasteiger partial charge in [-0.25, -0.2) is 4.99 Å². The minimum atomic E-state index is -1.16. The van der Waals surface area contributed by atoms with Crippen LogP contribution in [0.25, 0.3) is 0 Å². The van der Waals surface area contributed by atoms with Crippen LogP contribution in [0.5, 0.6) is 0 Å². The molecule has 0 spiro atoms. The zero-order valence-electron chi connectivity index (χ0n) is 16.5. The molecule has 0 amide bonds. The number of aliphatic imine (C=N–C) groups is 1. The number of fused-ring (bicyclic) bond motifs is 1. The van der Waals surface area contributed by atoms with Gasteiger partial charge in [-0.3, -0.25) is 10.1 Å². The maximum absolute atomic E-state index is 11.2. The molecule has 0 saturated heterocycles. The quantitative estimate of drug-likeness (QED) is 0.213. The molecule has 5 rings (SSSR count). The second kappa shape index (κ2) is 7.51. The molecule has 0 radical (unpaired) electrons. The number of halogens is 3. The van der Waals surface area contributed by atoms with E-state index in [1.54, 1.807) is 12.1 Å². The van der Waals surface area contributed by atoms with E-state index in [1.807, 2.05) is 35.2 Å². The van der Waals surface area contributed by atoms with Crippen LogP contribution < -0.4 is 0 Å². The van der Waals surface area contributed by atoms with Crippen LogP contribution in [0.3, 0.4) is 0 Å². The number of nitro benzene ring substituents is 1. The Morgan fingerprint density at radius 2 is 1.77 bits per heavy atom. The molecule has 8 heteroatoms. The minimum Gasteiger partial charge on any atom is -0.313 e. The highest BCUT2D eigenvalue weighted by molar-refractivity contribution is 6.65. The van der Waals surface area contributed by atoms with Gasteiger partial charge in [-0.05, 0) is 48.4 Å². The third kappa shape index (κ3) is 3.09. The number of non-ortho nitro benzene ring substituents is 1. The molecular formula is C23H20Cl3N3O2. The van der Waals surface area contributed by atoms with Gasteiger partial charge in [0.15, 0.2) is 9.63 Å². The maximum atomic E-state index is 11.2. The van der Waals surface area contributed by atoms with E-state index in [9.17, 15) is 10.1 Å². The highest BCUT2D eigenvalue weighted by Crippen LogP contribution is 2.76. The predicted octanol–water partition coefficient (Wildman–Crippen LogP) is 6.70. The van der Waals surface area contributed by atoms with Crippen molar-refractivity contribution in [2.75, 3.05) is 0 Å². The van der Waals surface area contributed by atoms with Crippen LogP contribution in [-0.4, -0.2) is 19.5 Å². The van der Waals surface area contributed by atoms with E-state index in [0.717, 1.165) is 42.5 Å². The molecule has 0 aromatic heterocycles. The van der Waals surface area contributed by atoms with Gasteiger partial charge in [-0.15, -0.1) is 0 Å². The Morgan fingerprint density at radius 1 is 1.06 bits per heavy atom. The topological polar surface area (TPSA) is 58.7 Å². The molecule has 3 unspecified atom stereocenters. The Bertz CT molecular complexity index is 1090. The summed E-state index contributed by atoms with van der Waals surface area (Å²) in [6, 6.07) is 16.0. The number of alkyl halides is 2. The fourth-order valence-electron chi connectivity index (χ4n) is 5.05. The van der Waals surface area contributed by atoms with Gasteiger partial charge < -0.3 is 4.90 Å². The second-order valence-corrected chi connectivity index (χ2v) is 9.94. The summed E-state index contributed by atoms with van der Waals surface area (Å²) >= 11 is 20.7. The molecule has 1 heterocycles. The van der Waals surface area contributed by atoms with Gasteiger partial charge in [-0.1, -0.05) is 71.7 Å². The van der Waals surface area contributed by atoms with Crippen molar-refractivity contribution in [3.05, 3.63) is 87.6 Å². The molecule has 1 aliphatic heterocycles. The van der Waals surface area contributed by atoms with Crippen molar-refractivity contribution in [2.24, 2.45) is 10.9 Å². The fraction of sp³-hybridized carbons (Fsp3) is 0.348. The van der Waals surface area contributed by atoms with Crippen LogP contribution in [-0.2, 0) is 5.54 Å². The van der Waals surface area contributed by atoms with E-state index in [2.05, 4.69) is 6.08 Å². The normalized spacial score (nSPS) is 28.9. The molecule has 3 aliphatic rings. The zero-order chi connectivity index (χ0) is 21.8. The summed E-state index contributed by atoms with van der Waals surface area (Å²) in [5.41, 5.74) is 2.05.